The van der Waals surface area contributed by atoms with Gasteiger partial charge in [0.2, 0.25) is 0 Å². The standard InChI is InChI=1S/C15H26N.CN/c1-2-3-4-5-6-7-8-10-13-16-14-11-9-12-15-16;1-2/h9,11-12,14-15H,2-8,10,13H2,1H3;/q+1;-1. The maximum Gasteiger partial charge on any atom is 0.168 e. The lowest BCUT2D eigenvalue weighted by Gasteiger charge is -2.00. The Hall–Kier alpha value is -1.36. The van der Waals surface area contributed by atoms with Crippen LogP contribution >= 0.6 is 0 Å². The van der Waals surface area contributed by atoms with E-state index in [9.17, 15) is 0 Å². The summed E-state index contributed by atoms with van der Waals surface area (Å²) in [4.78, 5) is 0. The molecule has 0 saturated heterocycles. The summed E-state index contributed by atoms with van der Waals surface area (Å²) in [7, 11) is 0. The van der Waals surface area contributed by atoms with Gasteiger partial charge in [0, 0.05) is 18.6 Å². The van der Waals surface area contributed by atoms with E-state index in [1.54, 1.807) is 0 Å². The summed E-state index contributed by atoms with van der Waals surface area (Å²) in [6, 6.07) is 6.28. The highest BCUT2D eigenvalue weighted by atomic mass is 14.9. The Balaban J connectivity index is 0.00000137. The lowest BCUT2D eigenvalue weighted by molar-refractivity contribution is -0.697. The fourth-order valence-corrected chi connectivity index (χ4v) is 2.01. The molecule has 2 nitrogen and oxygen atoms in total. The van der Waals surface area contributed by atoms with Crippen LogP contribution in [0.1, 0.15) is 58.3 Å². The smallest absolute Gasteiger partial charge is 0.168 e. The minimum absolute atomic E-state index is 1.18. The molecule has 0 unspecified atom stereocenters. The fourth-order valence-electron chi connectivity index (χ4n) is 2.01. The van der Waals surface area contributed by atoms with Crippen molar-refractivity contribution in [2.45, 2.75) is 64.8 Å². The molecule has 100 valence electrons. The van der Waals surface area contributed by atoms with Gasteiger partial charge in [0.25, 0.3) is 0 Å². The van der Waals surface area contributed by atoms with Crippen LogP contribution in [0, 0.1) is 11.8 Å². The van der Waals surface area contributed by atoms with Crippen molar-refractivity contribution in [3.63, 3.8) is 0 Å². The van der Waals surface area contributed by atoms with Gasteiger partial charge in [-0.15, -0.1) is 0 Å². The van der Waals surface area contributed by atoms with E-state index < -0.39 is 0 Å². The van der Waals surface area contributed by atoms with Gasteiger partial charge in [0.1, 0.15) is 6.54 Å². The van der Waals surface area contributed by atoms with Gasteiger partial charge >= 0.3 is 0 Å². The summed E-state index contributed by atoms with van der Waals surface area (Å²) >= 11 is 0. The highest BCUT2D eigenvalue weighted by molar-refractivity contribution is 4.83. The van der Waals surface area contributed by atoms with Gasteiger partial charge in [-0.2, -0.15) is 0 Å². The molecule has 0 aliphatic heterocycles. The number of rotatable bonds is 9. The second-order valence-corrected chi connectivity index (χ2v) is 4.59. The molecule has 0 fully saturated rings. The van der Waals surface area contributed by atoms with Gasteiger partial charge in [-0.3, -0.25) is 0 Å². The highest BCUT2D eigenvalue weighted by Crippen LogP contribution is 2.08. The van der Waals surface area contributed by atoms with Gasteiger partial charge in [0.05, 0.1) is 0 Å². The zero-order valence-electron chi connectivity index (χ0n) is 11.6. The monoisotopic (exact) mass is 246 g/mol. The molecule has 0 bridgehead atoms. The summed E-state index contributed by atoms with van der Waals surface area (Å²) in [6.07, 6.45) is 15.5. The van der Waals surface area contributed by atoms with Crippen LogP contribution in [-0.2, 0) is 6.54 Å². The van der Waals surface area contributed by atoms with Gasteiger partial charge < -0.3 is 11.8 Å². The van der Waals surface area contributed by atoms with Crippen molar-refractivity contribution in [1.82, 2.24) is 0 Å². The molecule has 0 aromatic carbocycles. The third-order valence-corrected chi connectivity index (χ3v) is 3.05. The zero-order valence-corrected chi connectivity index (χ0v) is 11.6. The quantitative estimate of drug-likeness (QED) is 0.364. The van der Waals surface area contributed by atoms with Crippen LogP contribution in [0.4, 0.5) is 0 Å². The van der Waals surface area contributed by atoms with Gasteiger partial charge in [-0.05, 0) is 6.42 Å². The summed E-state index contributed by atoms with van der Waals surface area (Å²) in [5.41, 5.74) is 0. The van der Waals surface area contributed by atoms with Gasteiger partial charge in [0.15, 0.2) is 12.4 Å². The number of hydrogen-bond acceptors (Lipinski definition) is 1. The van der Waals surface area contributed by atoms with Crippen LogP contribution in [0.5, 0.6) is 0 Å². The third kappa shape index (κ3) is 9.84. The molecular weight excluding hydrogens is 220 g/mol. The second kappa shape index (κ2) is 13.7. The average molecular weight is 246 g/mol. The Morgan fingerprint density at radius 2 is 1.28 bits per heavy atom. The Morgan fingerprint density at radius 1 is 0.778 bits per heavy atom. The van der Waals surface area contributed by atoms with E-state index in [-0.39, 0.29) is 0 Å². The summed E-state index contributed by atoms with van der Waals surface area (Å²) in [5.74, 6) is 0. The number of pyridine rings is 1. The van der Waals surface area contributed by atoms with E-state index in [0.717, 1.165) is 0 Å². The minimum Gasteiger partial charge on any atom is -0.512 e. The average Bonchev–Trinajstić information content (AvgIpc) is 2.45. The molecule has 2 heteroatoms. The van der Waals surface area contributed by atoms with Crippen molar-refractivity contribution in [3.8, 4) is 0 Å². The van der Waals surface area contributed by atoms with Crippen LogP contribution in [0.3, 0.4) is 0 Å². The van der Waals surface area contributed by atoms with Crippen LogP contribution < -0.4 is 4.57 Å². The predicted octanol–water partition coefficient (Wildman–Crippen LogP) is 4.21. The molecule has 18 heavy (non-hydrogen) atoms. The first-order valence-electron chi connectivity index (χ1n) is 7.10. The van der Waals surface area contributed by atoms with E-state index in [4.69, 9.17) is 11.8 Å². The minimum atomic E-state index is 1.18. The van der Waals surface area contributed by atoms with E-state index in [1.165, 1.54) is 57.9 Å². The molecule has 1 aromatic heterocycles. The number of aromatic nitrogens is 1. The highest BCUT2D eigenvalue weighted by Gasteiger charge is 1.97. The summed E-state index contributed by atoms with van der Waals surface area (Å²) < 4.78 is 2.27. The van der Waals surface area contributed by atoms with Crippen molar-refractivity contribution in [2.75, 3.05) is 0 Å². The maximum atomic E-state index is 6.25. The van der Waals surface area contributed by atoms with Crippen LogP contribution in [-0.4, -0.2) is 0 Å². The van der Waals surface area contributed by atoms with Crippen molar-refractivity contribution >= 4 is 0 Å². The second-order valence-electron chi connectivity index (χ2n) is 4.59. The molecule has 0 amide bonds. The van der Waals surface area contributed by atoms with Crippen molar-refractivity contribution < 1.29 is 4.57 Å². The van der Waals surface area contributed by atoms with Crippen molar-refractivity contribution in [3.05, 3.63) is 37.2 Å². The molecule has 0 spiro atoms. The van der Waals surface area contributed by atoms with Crippen molar-refractivity contribution in [2.24, 2.45) is 0 Å². The predicted molar refractivity (Wildman–Crippen MR) is 74.2 cm³/mol. The van der Waals surface area contributed by atoms with E-state index >= 15 is 0 Å². The van der Waals surface area contributed by atoms with Crippen molar-refractivity contribution in [1.29, 1.82) is 5.26 Å². The first-order chi connectivity index (χ1) is 8.93. The SMILES string of the molecule is CCCCCCCCCC[n+]1ccccc1.[C-]#N. The topological polar surface area (TPSA) is 27.7 Å². The number of aryl methyl sites for hydroxylation is 1. The van der Waals surface area contributed by atoms with E-state index in [0.29, 0.717) is 0 Å². The third-order valence-electron chi connectivity index (χ3n) is 3.05. The zero-order chi connectivity index (χ0) is 13.5. The van der Waals surface area contributed by atoms with Gasteiger partial charge in [-0.1, -0.05) is 51.5 Å². The van der Waals surface area contributed by atoms with Crippen LogP contribution in [0.25, 0.3) is 0 Å². The molecule has 0 aliphatic carbocycles. The Bertz CT molecular complexity index is 280. The lowest BCUT2D eigenvalue weighted by Crippen LogP contribution is -2.32. The molecule has 1 heterocycles. The van der Waals surface area contributed by atoms with Gasteiger partial charge in [-0.25, -0.2) is 4.57 Å². The largest absolute Gasteiger partial charge is 0.512 e. The maximum absolute atomic E-state index is 6.25. The molecule has 0 saturated carbocycles. The lowest BCUT2D eigenvalue weighted by atomic mass is 10.1. The first-order valence-corrected chi connectivity index (χ1v) is 7.10. The number of hydrogen-bond donors (Lipinski definition) is 0. The molecule has 0 aliphatic rings. The molecule has 1 rings (SSSR count). The number of nitrogens with zero attached hydrogens (tertiary/aromatic N) is 2. The molecule has 0 atom stereocenters. The number of unbranched alkanes of at least 4 members (excludes halogenated alkanes) is 7. The van der Waals surface area contributed by atoms with E-state index in [1.807, 2.05) is 0 Å². The van der Waals surface area contributed by atoms with E-state index in [2.05, 4.69) is 42.1 Å². The molecule has 0 radical (unpaired) electrons. The normalized spacial score (nSPS) is 9.50. The molecular formula is C16H26N2. The first kappa shape index (κ1) is 16.6. The fraction of sp³-hybridized carbons (Fsp3) is 0.625. The molecule has 0 N–H and O–H groups in total. The summed E-state index contributed by atoms with van der Waals surface area (Å²) in [5, 5.41) is 6.25. The molecule has 1 aromatic rings. The Labute approximate surface area is 112 Å². The Kier molecular flexibility index (Phi) is 12.7. The van der Waals surface area contributed by atoms with Crippen LogP contribution in [0.15, 0.2) is 30.6 Å². The van der Waals surface area contributed by atoms with Crippen LogP contribution in [0.2, 0.25) is 0 Å². The summed E-state index contributed by atoms with van der Waals surface area (Å²) in [6.45, 7) is 8.20. The Morgan fingerprint density at radius 3 is 1.83 bits per heavy atom.